The van der Waals surface area contributed by atoms with Crippen LogP contribution in [0.25, 0.3) is 0 Å². The number of ether oxygens (including phenoxy) is 2. The molecule has 3 heterocycles. The molecule has 0 saturated carbocycles. The summed E-state index contributed by atoms with van der Waals surface area (Å²) in [7, 11) is 0. The maximum atomic E-state index is 12.5. The van der Waals surface area contributed by atoms with Gasteiger partial charge in [0.15, 0.2) is 0 Å². The molecule has 1 amide bonds. The summed E-state index contributed by atoms with van der Waals surface area (Å²) in [5.41, 5.74) is 2.03. The van der Waals surface area contributed by atoms with Gasteiger partial charge in [-0.1, -0.05) is 30.3 Å². The molecule has 0 radical (unpaired) electrons. The van der Waals surface area contributed by atoms with Gasteiger partial charge in [-0.3, -0.25) is 4.79 Å². The van der Waals surface area contributed by atoms with E-state index in [9.17, 15) is 4.79 Å². The summed E-state index contributed by atoms with van der Waals surface area (Å²) in [6.45, 7) is 8.45. The lowest BCUT2D eigenvalue weighted by Crippen LogP contribution is -2.50. The second-order valence-corrected chi connectivity index (χ2v) is 7.61. The first-order chi connectivity index (χ1) is 14.7. The maximum absolute atomic E-state index is 12.5. The van der Waals surface area contributed by atoms with Crippen LogP contribution in [0.4, 0.5) is 11.8 Å². The molecule has 2 aliphatic heterocycles. The minimum atomic E-state index is 0.0322. The van der Waals surface area contributed by atoms with E-state index in [2.05, 4.69) is 14.8 Å². The van der Waals surface area contributed by atoms with Gasteiger partial charge in [0.1, 0.15) is 12.4 Å². The fourth-order valence-corrected chi connectivity index (χ4v) is 3.71. The number of rotatable bonds is 6. The molecule has 0 N–H and O–H groups in total. The SMILES string of the molecule is Cc1cc(N2CCOCC2)nc(N2CCN(C(=O)COCc3ccccc3)CC2)n1. The number of amides is 1. The van der Waals surface area contributed by atoms with E-state index in [4.69, 9.17) is 14.5 Å². The first kappa shape index (κ1) is 20.6. The zero-order valence-corrected chi connectivity index (χ0v) is 17.5. The van der Waals surface area contributed by atoms with Crippen LogP contribution in [0.5, 0.6) is 0 Å². The normalized spacial score (nSPS) is 17.3. The molecule has 2 aromatic rings. The fourth-order valence-electron chi connectivity index (χ4n) is 3.71. The Morgan fingerprint density at radius 3 is 2.47 bits per heavy atom. The second-order valence-electron chi connectivity index (χ2n) is 7.61. The number of benzene rings is 1. The Labute approximate surface area is 177 Å². The Morgan fingerprint density at radius 1 is 1.00 bits per heavy atom. The maximum Gasteiger partial charge on any atom is 0.248 e. The molecule has 1 aromatic carbocycles. The molecule has 2 aliphatic rings. The predicted molar refractivity (Wildman–Crippen MR) is 115 cm³/mol. The van der Waals surface area contributed by atoms with Crippen molar-refractivity contribution in [3.8, 4) is 0 Å². The molecule has 0 atom stereocenters. The number of morpholine rings is 1. The molecule has 30 heavy (non-hydrogen) atoms. The number of piperazine rings is 1. The van der Waals surface area contributed by atoms with E-state index in [1.165, 1.54) is 0 Å². The summed E-state index contributed by atoms with van der Waals surface area (Å²) in [5.74, 6) is 1.72. The molecule has 1 aromatic heterocycles. The molecule has 160 valence electrons. The smallest absolute Gasteiger partial charge is 0.248 e. The summed E-state index contributed by atoms with van der Waals surface area (Å²) < 4.78 is 11.0. The summed E-state index contributed by atoms with van der Waals surface area (Å²) in [6.07, 6.45) is 0. The highest BCUT2D eigenvalue weighted by molar-refractivity contribution is 5.77. The molecule has 8 heteroatoms. The van der Waals surface area contributed by atoms with Crippen LogP contribution in [0.3, 0.4) is 0 Å². The van der Waals surface area contributed by atoms with Crippen molar-refractivity contribution < 1.29 is 14.3 Å². The number of hydrogen-bond acceptors (Lipinski definition) is 7. The average Bonchev–Trinajstić information content (AvgIpc) is 2.80. The van der Waals surface area contributed by atoms with Gasteiger partial charge in [0.25, 0.3) is 0 Å². The number of carbonyl (C=O) groups is 1. The van der Waals surface area contributed by atoms with Crippen LogP contribution < -0.4 is 9.80 Å². The lowest BCUT2D eigenvalue weighted by atomic mass is 10.2. The van der Waals surface area contributed by atoms with Gasteiger partial charge in [0, 0.05) is 51.0 Å². The standard InChI is InChI=1S/C22H29N5O3/c1-18-15-20(25-11-13-29-14-12-25)24-22(23-18)27-9-7-26(8-10-27)21(28)17-30-16-19-5-3-2-4-6-19/h2-6,15H,7-14,16-17H2,1H3. The topological polar surface area (TPSA) is 71.0 Å². The third kappa shape index (κ3) is 5.25. The molecule has 0 unspecified atom stereocenters. The first-order valence-electron chi connectivity index (χ1n) is 10.5. The van der Waals surface area contributed by atoms with Crippen LogP contribution in [0, 0.1) is 6.92 Å². The van der Waals surface area contributed by atoms with Crippen LogP contribution in [0.1, 0.15) is 11.3 Å². The van der Waals surface area contributed by atoms with E-state index < -0.39 is 0 Å². The number of aromatic nitrogens is 2. The highest BCUT2D eigenvalue weighted by Crippen LogP contribution is 2.19. The van der Waals surface area contributed by atoms with Gasteiger partial charge in [-0.15, -0.1) is 0 Å². The van der Waals surface area contributed by atoms with E-state index in [-0.39, 0.29) is 12.5 Å². The van der Waals surface area contributed by atoms with Crippen molar-refractivity contribution in [1.82, 2.24) is 14.9 Å². The van der Waals surface area contributed by atoms with Gasteiger partial charge in [-0.2, -0.15) is 4.98 Å². The van der Waals surface area contributed by atoms with Gasteiger partial charge in [-0.25, -0.2) is 4.98 Å². The Kier molecular flexibility index (Phi) is 6.76. The highest BCUT2D eigenvalue weighted by Gasteiger charge is 2.24. The lowest BCUT2D eigenvalue weighted by molar-refractivity contribution is -0.136. The predicted octanol–water partition coefficient (Wildman–Crippen LogP) is 1.49. The van der Waals surface area contributed by atoms with Crippen LogP contribution >= 0.6 is 0 Å². The number of anilines is 2. The molecule has 2 saturated heterocycles. The summed E-state index contributed by atoms with van der Waals surface area (Å²) in [4.78, 5) is 28.2. The molecular formula is C22H29N5O3. The van der Waals surface area contributed by atoms with Crippen LogP contribution in [0.2, 0.25) is 0 Å². The summed E-state index contributed by atoms with van der Waals surface area (Å²) in [5, 5.41) is 0. The number of hydrogen-bond donors (Lipinski definition) is 0. The van der Waals surface area contributed by atoms with Crippen molar-refractivity contribution in [3.63, 3.8) is 0 Å². The van der Waals surface area contributed by atoms with Gasteiger partial charge in [0.05, 0.1) is 19.8 Å². The second kappa shape index (κ2) is 9.86. The van der Waals surface area contributed by atoms with Crippen molar-refractivity contribution in [2.75, 3.05) is 68.9 Å². The van der Waals surface area contributed by atoms with Gasteiger partial charge < -0.3 is 24.2 Å². The Bertz CT molecular complexity index is 834. The van der Waals surface area contributed by atoms with Crippen LogP contribution in [-0.2, 0) is 20.9 Å². The Balaban J connectivity index is 1.28. The minimum Gasteiger partial charge on any atom is -0.378 e. The molecule has 0 aliphatic carbocycles. The average molecular weight is 412 g/mol. The number of nitrogens with zero attached hydrogens (tertiary/aromatic N) is 5. The summed E-state index contributed by atoms with van der Waals surface area (Å²) in [6, 6.07) is 11.9. The fraction of sp³-hybridized carbons (Fsp3) is 0.500. The summed E-state index contributed by atoms with van der Waals surface area (Å²) >= 11 is 0. The van der Waals surface area contributed by atoms with E-state index in [0.717, 1.165) is 62.4 Å². The van der Waals surface area contributed by atoms with Crippen molar-refractivity contribution >= 4 is 17.7 Å². The molecule has 2 fully saturated rings. The van der Waals surface area contributed by atoms with Gasteiger partial charge in [-0.05, 0) is 12.5 Å². The monoisotopic (exact) mass is 411 g/mol. The third-order valence-electron chi connectivity index (χ3n) is 5.42. The van der Waals surface area contributed by atoms with Gasteiger partial charge >= 0.3 is 0 Å². The molecule has 0 spiro atoms. The first-order valence-corrected chi connectivity index (χ1v) is 10.5. The van der Waals surface area contributed by atoms with E-state index in [0.29, 0.717) is 19.7 Å². The molecular weight excluding hydrogens is 382 g/mol. The van der Waals surface area contributed by atoms with E-state index in [1.54, 1.807) is 0 Å². The van der Waals surface area contributed by atoms with E-state index >= 15 is 0 Å². The molecule has 4 rings (SSSR count). The van der Waals surface area contributed by atoms with Crippen LogP contribution in [-0.4, -0.2) is 79.9 Å². The van der Waals surface area contributed by atoms with Gasteiger partial charge in [0.2, 0.25) is 11.9 Å². The quantitative estimate of drug-likeness (QED) is 0.713. The van der Waals surface area contributed by atoms with Crippen LogP contribution in [0.15, 0.2) is 36.4 Å². The van der Waals surface area contributed by atoms with Crippen molar-refractivity contribution in [2.45, 2.75) is 13.5 Å². The number of aryl methyl sites for hydroxylation is 1. The minimum absolute atomic E-state index is 0.0322. The van der Waals surface area contributed by atoms with E-state index in [1.807, 2.05) is 48.2 Å². The zero-order valence-electron chi connectivity index (χ0n) is 17.5. The van der Waals surface area contributed by atoms with Crippen molar-refractivity contribution in [2.24, 2.45) is 0 Å². The zero-order chi connectivity index (χ0) is 20.8. The molecule has 8 nitrogen and oxygen atoms in total. The molecule has 0 bridgehead atoms. The number of carbonyl (C=O) groups excluding carboxylic acids is 1. The van der Waals surface area contributed by atoms with Crippen molar-refractivity contribution in [1.29, 1.82) is 0 Å². The Morgan fingerprint density at radius 2 is 1.73 bits per heavy atom. The lowest BCUT2D eigenvalue weighted by Gasteiger charge is -2.35. The third-order valence-corrected chi connectivity index (χ3v) is 5.42. The Hall–Kier alpha value is -2.71. The van der Waals surface area contributed by atoms with Crippen molar-refractivity contribution in [3.05, 3.63) is 47.7 Å². The highest BCUT2D eigenvalue weighted by atomic mass is 16.5. The largest absolute Gasteiger partial charge is 0.378 e.